The van der Waals surface area contributed by atoms with Crippen LogP contribution < -0.4 is 0 Å². The largest absolute Gasteiger partial charge is 0.394 e. The molecule has 4 heterocycles. The highest BCUT2D eigenvalue weighted by molar-refractivity contribution is 4.95. The van der Waals surface area contributed by atoms with Crippen LogP contribution in [0.4, 0.5) is 0 Å². The fourth-order valence-corrected chi connectivity index (χ4v) is 5.09. The van der Waals surface area contributed by atoms with Gasteiger partial charge in [0.25, 0.3) is 0 Å². The lowest BCUT2D eigenvalue weighted by atomic mass is 9.97. The van der Waals surface area contributed by atoms with E-state index in [1.807, 2.05) is 0 Å². The Labute approximate surface area is 238 Å². The third-order valence-corrected chi connectivity index (χ3v) is 7.77. The molecule has 0 aromatic carbocycles. The van der Waals surface area contributed by atoms with Crippen LogP contribution in [-0.2, 0) is 33.2 Å². The average Bonchev–Trinajstić information content (AvgIpc) is 2.97. The Hall–Kier alpha value is -0.760. The van der Waals surface area contributed by atoms with Crippen molar-refractivity contribution >= 4 is 0 Å². The molecule has 1 unspecified atom stereocenters. The summed E-state index contributed by atoms with van der Waals surface area (Å²) in [7, 11) is 0. The fourth-order valence-electron chi connectivity index (χ4n) is 5.09. The van der Waals surface area contributed by atoms with E-state index < -0.39 is 130 Å². The van der Waals surface area contributed by atoms with Gasteiger partial charge in [-0.15, -0.1) is 0 Å². The Kier molecular flexibility index (Phi) is 11.5. The second-order valence-corrected chi connectivity index (χ2v) is 10.7. The molecule has 0 spiro atoms. The lowest BCUT2D eigenvalue weighted by Crippen LogP contribution is -2.65. The van der Waals surface area contributed by atoms with Crippen LogP contribution in [0.5, 0.6) is 0 Å². The van der Waals surface area contributed by atoms with Gasteiger partial charge in [0.15, 0.2) is 25.2 Å². The molecule has 19 heteroatoms. The predicted molar refractivity (Wildman–Crippen MR) is 126 cm³/mol. The summed E-state index contributed by atoms with van der Waals surface area (Å²) in [6, 6.07) is 0. The van der Waals surface area contributed by atoms with Gasteiger partial charge in [-0.05, 0) is 6.92 Å². The van der Waals surface area contributed by atoms with E-state index in [9.17, 15) is 61.3 Å². The van der Waals surface area contributed by atoms with E-state index in [0.29, 0.717) is 0 Å². The molecule has 19 nitrogen and oxygen atoms in total. The van der Waals surface area contributed by atoms with Crippen molar-refractivity contribution in [2.75, 3.05) is 19.8 Å². The zero-order chi connectivity index (χ0) is 31.0. The van der Waals surface area contributed by atoms with Gasteiger partial charge in [-0.3, -0.25) is 0 Å². The third kappa shape index (κ3) is 6.89. The Morgan fingerprint density at radius 3 is 1.76 bits per heavy atom. The van der Waals surface area contributed by atoms with Crippen molar-refractivity contribution in [2.24, 2.45) is 0 Å². The van der Waals surface area contributed by atoms with Gasteiger partial charge in [0.05, 0.1) is 25.9 Å². The van der Waals surface area contributed by atoms with Crippen LogP contribution in [0.25, 0.3) is 0 Å². The zero-order valence-corrected chi connectivity index (χ0v) is 22.3. The summed E-state index contributed by atoms with van der Waals surface area (Å²) < 4.78 is 37.7. The molecule has 4 rings (SSSR count). The molecule has 246 valence electrons. The molecule has 4 aliphatic heterocycles. The maximum Gasteiger partial charge on any atom is 0.187 e. The number of hydrogen-bond acceptors (Lipinski definition) is 19. The van der Waals surface area contributed by atoms with Gasteiger partial charge < -0.3 is 94.4 Å². The summed E-state index contributed by atoms with van der Waals surface area (Å²) >= 11 is 0. The van der Waals surface area contributed by atoms with Crippen molar-refractivity contribution in [1.29, 1.82) is 0 Å². The molecule has 4 fully saturated rings. The maximum atomic E-state index is 10.8. The molecule has 4 aliphatic rings. The molecule has 0 aromatic rings. The van der Waals surface area contributed by atoms with Gasteiger partial charge in [0.2, 0.25) is 0 Å². The van der Waals surface area contributed by atoms with Gasteiger partial charge in [0.1, 0.15) is 85.5 Å². The van der Waals surface area contributed by atoms with Gasteiger partial charge >= 0.3 is 0 Å². The summed E-state index contributed by atoms with van der Waals surface area (Å²) in [6.45, 7) is -0.290. The molecule has 19 atom stereocenters. The third-order valence-electron chi connectivity index (χ3n) is 7.77. The van der Waals surface area contributed by atoms with Crippen molar-refractivity contribution < 1.29 is 94.4 Å². The number of hydrogen-bond donors (Lipinski definition) is 12. The molecule has 0 radical (unpaired) electrons. The lowest BCUT2D eigenvalue weighted by Gasteiger charge is -2.47. The van der Waals surface area contributed by atoms with E-state index >= 15 is 0 Å². The smallest absolute Gasteiger partial charge is 0.187 e. The van der Waals surface area contributed by atoms with Gasteiger partial charge in [-0.1, -0.05) is 0 Å². The van der Waals surface area contributed by atoms with Gasteiger partial charge in [-0.25, -0.2) is 0 Å². The molecule has 4 saturated heterocycles. The highest BCUT2D eigenvalue weighted by atomic mass is 16.8. The topological polar surface area (TPSA) is 307 Å². The fraction of sp³-hybridized carbons (Fsp3) is 1.00. The second-order valence-electron chi connectivity index (χ2n) is 10.7. The number of rotatable bonds is 8. The standard InChI is InChI=1S/C23H40O19/c1-5-19(14(30)18(34)22(38-5)40-7-3-36-20(35)15(31)11(7)27)42-23-17(33)13(29)10(26)8(41-23)4-37-21-16(32)12(28)9(25)6(2-24)39-21/h5-35H,2-4H2,1H3/t5-,6+,7+,8+,9+,10+,11-,12-,13-,14-,15+,16+,17+,18+,19-,20?,21+,22-,23-/m0/s1. The summed E-state index contributed by atoms with van der Waals surface area (Å²) in [5.41, 5.74) is 0. The SMILES string of the molecule is C[C@@H]1O[C@@H](O[C@@H]2COC(O)[C@H](O)[C@H]2O)[C@H](O)[C@H](O)[C@H]1O[C@@H]1O[C@H](CO[C@@H]2O[C@H](CO)[C@@H](O)[C@H](O)[C@H]2O)[C@@H](O)[C@H](O)[C@H]1O. The number of ether oxygens (including phenoxy) is 7. The molecule has 0 aliphatic carbocycles. The summed E-state index contributed by atoms with van der Waals surface area (Å²) in [6.07, 6.45) is -30.4. The minimum atomic E-state index is -1.86. The summed E-state index contributed by atoms with van der Waals surface area (Å²) in [5.74, 6) is 0. The van der Waals surface area contributed by atoms with E-state index in [-0.39, 0.29) is 6.61 Å². The average molecular weight is 621 g/mol. The zero-order valence-electron chi connectivity index (χ0n) is 22.3. The van der Waals surface area contributed by atoms with Crippen LogP contribution >= 0.6 is 0 Å². The van der Waals surface area contributed by atoms with Crippen LogP contribution in [-0.4, -0.2) is 198 Å². The molecule has 42 heavy (non-hydrogen) atoms. The highest BCUT2D eigenvalue weighted by Crippen LogP contribution is 2.31. The van der Waals surface area contributed by atoms with Crippen LogP contribution in [0, 0.1) is 0 Å². The summed E-state index contributed by atoms with van der Waals surface area (Å²) in [4.78, 5) is 0. The molecule has 0 aromatic heterocycles. The van der Waals surface area contributed by atoms with E-state index in [1.165, 1.54) is 6.92 Å². The predicted octanol–water partition coefficient (Wildman–Crippen LogP) is -8.08. The van der Waals surface area contributed by atoms with Crippen molar-refractivity contribution in [1.82, 2.24) is 0 Å². The highest BCUT2D eigenvalue weighted by Gasteiger charge is 2.52. The summed E-state index contributed by atoms with van der Waals surface area (Å²) in [5, 5.41) is 121. The van der Waals surface area contributed by atoms with Crippen LogP contribution in [0.1, 0.15) is 6.92 Å². The first-order valence-electron chi connectivity index (χ1n) is 13.4. The van der Waals surface area contributed by atoms with E-state index in [4.69, 9.17) is 33.2 Å². The van der Waals surface area contributed by atoms with Crippen molar-refractivity contribution in [2.45, 2.75) is 124 Å². The first-order chi connectivity index (χ1) is 19.8. The minimum Gasteiger partial charge on any atom is -0.394 e. The van der Waals surface area contributed by atoms with Crippen LogP contribution in [0.3, 0.4) is 0 Å². The first-order valence-corrected chi connectivity index (χ1v) is 13.4. The molecular formula is C23H40O19. The van der Waals surface area contributed by atoms with E-state index in [1.54, 1.807) is 0 Å². The molecule has 0 bridgehead atoms. The monoisotopic (exact) mass is 620 g/mol. The van der Waals surface area contributed by atoms with Crippen LogP contribution in [0.2, 0.25) is 0 Å². The van der Waals surface area contributed by atoms with Gasteiger partial charge in [-0.2, -0.15) is 0 Å². The molecule has 12 N–H and O–H groups in total. The minimum absolute atomic E-state index is 0.370. The normalized spacial score (nSPS) is 54.1. The molecule has 0 saturated carbocycles. The quantitative estimate of drug-likeness (QED) is 0.120. The maximum absolute atomic E-state index is 10.8. The van der Waals surface area contributed by atoms with Crippen molar-refractivity contribution in [3.05, 3.63) is 0 Å². The van der Waals surface area contributed by atoms with E-state index in [0.717, 1.165) is 0 Å². The first kappa shape index (κ1) is 34.1. The Morgan fingerprint density at radius 1 is 0.571 bits per heavy atom. The number of aliphatic hydroxyl groups excluding tert-OH is 12. The second kappa shape index (κ2) is 14.1. The van der Waals surface area contributed by atoms with Crippen molar-refractivity contribution in [3.8, 4) is 0 Å². The molecular weight excluding hydrogens is 580 g/mol. The molecule has 0 amide bonds. The van der Waals surface area contributed by atoms with E-state index in [2.05, 4.69) is 0 Å². The Balaban J connectivity index is 1.36. The van der Waals surface area contributed by atoms with Crippen LogP contribution in [0.15, 0.2) is 0 Å². The van der Waals surface area contributed by atoms with Gasteiger partial charge in [0, 0.05) is 0 Å². The lowest BCUT2D eigenvalue weighted by molar-refractivity contribution is -0.371. The Bertz CT molecular complexity index is 853. The number of aliphatic hydroxyl groups is 12. The Morgan fingerprint density at radius 2 is 1.12 bits per heavy atom. The van der Waals surface area contributed by atoms with Crippen molar-refractivity contribution in [3.63, 3.8) is 0 Å².